The summed E-state index contributed by atoms with van der Waals surface area (Å²) >= 11 is 6.52. The van der Waals surface area contributed by atoms with Gasteiger partial charge in [0.15, 0.2) is 5.17 Å². The van der Waals surface area contributed by atoms with Crippen LogP contribution in [0.1, 0.15) is 11.1 Å². The van der Waals surface area contributed by atoms with E-state index in [2.05, 4.69) is 10.3 Å². The second-order valence-electron chi connectivity index (χ2n) is 5.19. The summed E-state index contributed by atoms with van der Waals surface area (Å²) in [5, 5.41) is 2.35. The number of thioether (sulfide) groups is 1. The number of aliphatic imine (C=N–C) groups is 1. The van der Waals surface area contributed by atoms with Gasteiger partial charge in [0.05, 0.1) is 16.2 Å². The van der Waals surface area contributed by atoms with Gasteiger partial charge in [-0.25, -0.2) is 9.38 Å². The summed E-state index contributed by atoms with van der Waals surface area (Å²) < 4.78 is 52.3. The molecule has 3 rings (SSSR count). The van der Waals surface area contributed by atoms with Gasteiger partial charge in [-0.05, 0) is 53.7 Å². The molecular formula is C17H9ClF4N2OS. The third kappa shape index (κ3) is 4.25. The Morgan fingerprint density at radius 3 is 2.46 bits per heavy atom. The van der Waals surface area contributed by atoms with Crippen molar-refractivity contribution in [3.05, 3.63) is 69.3 Å². The molecule has 1 heterocycles. The molecule has 0 aromatic heterocycles. The van der Waals surface area contributed by atoms with E-state index in [0.29, 0.717) is 5.56 Å². The predicted molar refractivity (Wildman–Crippen MR) is 93.7 cm³/mol. The van der Waals surface area contributed by atoms with E-state index in [1.165, 1.54) is 36.4 Å². The van der Waals surface area contributed by atoms with Gasteiger partial charge in [0.1, 0.15) is 5.82 Å². The molecule has 0 radical (unpaired) electrons. The Labute approximate surface area is 154 Å². The molecule has 0 unspecified atom stereocenters. The Hall–Kier alpha value is -2.32. The fraction of sp³-hybridized carbons (Fsp3) is 0.0588. The molecule has 134 valence electrons. The maximum absolute atomic E-state index is 13.1. The zero-order valence-electron chi connectivity index (χ0n) is 12.8. The number of amides is 1. The van der Waals surface area contributed by atoms with Crippen LogP contribution in [-0.4, -0.2) is 11.1 Å². The predicted octanol–water partition coefficient (Wildman–Crippen LogP) is 5.39. The summed E-state index contributed by atoms with van der Waals surface area (Å²) in [5.74, 6) is -0.916. The smallest absolute Gasteiger partial charge is 0.300 e. The molecule has 26 heavy (non-hydrogen) atoms. The first-order valence-corrected chi connectivity index (χ1v) is 8.34. The standard InChI is InChI=1S/C17H9ClF4N2OS/c18-10-3-6-13(12(8-10)17(20,21)22)23-16-24-15(25)14(26-16)7-9-1-4-11(19)5-2-9/h1-8H,(H,23,24,25). The van der Waals surface area contributed by atoms with E-state index < -0.39 is 23.5 Å². The van der Waals surface area contributed by atoms with Crippen molar-refractivity contribution in [2.75, 3.05) is 0 Å². The summed E-state index contributed by atoms with van der Waals surface area (Å²) in [6.45, 7) is 0. The Kier molecular flexibility index (Phi) is 5.06. The van der Waals surface area contributed by atoms with Crippen LogP contribution in [0.5, 0.6) is 0 Å². The summed E-state index contributed by atoms with van der Waals surface area (Å²) in [6, 6.07) is 8.63. The van der Waals surface area contributed by atoms with Crippen LogP contribution in [0.2, 0.25) is 5.02 Å². The summed E-state index contributed by atoms with van der Waals surface area (Å²) in [4.78, 5) is 16.1. The van der Waals surface area contributed by atoms with Gasteiger partial charge in [0.2, 0.25) is 0 Å². The molecule has 1 saturated heterocycles. The fourth-order valence-corrected chi connectivity index (χ4v) is 3.14. The minimum absolute atomic E-state index is 0.0104. The van der Waals surface area contributed by atoms with Gasteiger partial charge < -0.3 is 5.32 Å². The molecule has 2 aromatic rings. The van der Waals surface area contributed by atoms with Crippen molar-refractivity contribution < 1.29 is 22.4 Å². The fourth-order valence-electron chi connectivity index (χ4n) is 2.13. The van der Waals surface area contributed by atoms with Gasteiger partial charge in [-0.3, -0.25) is 4.79 Å². The van der Waals surface area contributed by atoms with Gasteiger partial charge in [0, 0.05) is 5.02 Å². The third-order valence-electron chi connectivity index (χ3n) is 3.30. The lowest BCUT2D eigenvalue weighted by molar-refractivity contribution is -0.137. The molecule has 1 aliphatic rings. The molecule has 3 nitrogen and oxygen atoms in total. The van der Waals surface area contributed by atoms with Gasteiger partial charge in [-0.15, -0.1) is 0 Å². The molecule has 0 atom stereocenters. The first-order chi connectivity index (χ1) is 12.2. The van der Waals surface area contributed by atoms with Crippen molar-refractivity contribution >= 4 is 46.2 Å². The van der Waals surface area contributed by atoms with E-state index in [0.717, 1.165) is 23.9 Å². The molecule has 1 fully saturated rings. The average molecular weight is 401 g/mol. The Morgan fingerprint density at radius 2 is 1.81 bits per heavy atom. The van der Waals surface area contributed by atoms with E-state index in [9.17, 15) is 22.4 Å². The summed E-state index contributed by atoms with van der Waals surface area (Å²) in [7, 11) is 0. The van der Waals surface area contributed by atoms with Crippen molar-refractivity contribution in [2.45, 2.75) is 6.18 Å². The van der Waals surface area contributed by atoms with Gasteiger partial charge in [-0.2, -0.15) is 13.2 Å². The lowest BCUT2D eigenvalue weighted by atomic mass is 10.2. The zero-order valence-corrected chi connectivity index (χ0v) is 14.3. The number of carbonyl (C=O) groups is 1. The van der Waals surface area contributed by atoms with Crippen LogP contribution in [0.25, 0.3) is 6.08 Å². The highest BCUT2D eigenvalue weighted by Gasteiger charge is 2.34. The topological polar surface area (TPSA) is 41.5 Å². The van der Waals surface area contributed by atoms with Crippen molar-refractivity contribution in [1.29, 1.82) is 0 Å². The van der Waals surface area contributed by atoms with E-state index >= 15 is 0 Å². The number of alkyl halides is 3. The van der Waals surface area contributed by atoms with E-state index in [4.69, 9.17) is 11.6 Å². The molecule has 0 aliphatic carbocycles. The van der Waals surface area contributed by atoms with Crippen molar-refractivity contribution in [3.8, 4) is 0 Å². The summed E-state index contributed by atoms with van der Waals surface area (Å²) in [5.41, 5.74) is -0.774. The van der Waals surface area contributed by atoms with Crippen LogP contribution in [0.4, 0.5) is 23.2 Å². The van der Waals surface area contributed by atoms with Gasteiger partial charge >= 0.3 is 6.18 Å². The normalized spacial score (nSPS) is 17.8. The molecule has 9 heteroatoms. The van der Waals surface area contributed by atoms with Crippen LogP contribution in [0, 0.1) is 5.82 Å². The minimum atomic E-state index is -4.63. The molecule has 1 N–H and O–H groups in total. The highest BCUT2D eigenvalue weighted by Crippen LogP contribution is 2.39. The van der Waals surface area contributed by atoms with Gasteiger partial charge in [0.25, 0.3) is 5.91 Å². The van der Waals surface area contributed by atoms with E-state index in [1.807, 2.05) is 0 Å². The monoisotopic (exact) mass is 400 g/mol. The zero-order chi connectivity index (χ0) is 18.9. The molecule has 0 saturated carbocycles. The van der Waals surface area contributed by atoms with E-state index in [1.54, 1.807) is 0 Å². The van der Waals surface area contributed by atoms with Crippen LogP contribution in [0.15, 0.2) is 52.4 Å². The molecule has 1 amide bonds. The SMILES string of the molecule is O=C1NC(=Nc2ccc(Cl)cc2C(F)(F)F)SC1=Cc1ccc(F)cc1. The highest BCUT2D eigenvalue weighted by molar-refractivity contribution is 8.18. The number of halogens is 5. The Morgan fingerprint density at radius 1 is 1.12 bits per heavy atom. The quantitative estimate of drug-likeness (QED) is 0.542. The molecule has 2 aromatic carbocycles. The highest BCUT2D eigenvalue weighted by atomic mass is 35.5. The van der Waals surface area contributed by atoms with Crippen LogP contribution < -0.4 is 5.32 Å². The number of carbonyl (C=O) groups excluding carboxylic acids is 1. The Balaban J connectivity index is 1.90. The van der Waals surface area contributed by atoms with Crippen molar-refractivity contribution in [2.24, 2.45) is 4.99 Å². The van der Waals surface area contributed by atoms with E-state index in [-0.39, 0.29) is 20.8 Å². The van der Waals surface area contributed by atoms with Crippen LogP contribution in [0.3, 0.4) is 0 Å². The van der Waals surface area contributed by atoms with Crippen LogP contribution >= 0.6 is 23.4 Å². The van der Waals surface area contributed by atoms with Gasteiger partial charge in [-0.1, -0.05) is 23.7 Å². The maximum atomic E-state index is 13.1. The minimum Gasteiger partial charge on any atom is -0.300 e. The molecule has 0 spiro atoms. The van der Waals surface area contributed by atoms with Crippen molar-refractivity contribution in [3.63, 3.8) is 0 Å². The lowest BCUT2D eigenvalue weighted by Crippen LogP contribution is -2.19. The number of benzene rings is 2. The largest absolute Gasteiger partial charge is 0.418 e. The number of hydrogen-bond acceptors (Lipinski definition) is 3. The number of hydrogen-bond donors (Lipinski definition) is 1. The second-order valence-corrected chi connectivity index (χ2v) is 6.66. The van der Waals surface area contributed by atoms with Crippen molar-refractivity contribution in [1.82, 2.24) is 5.32 Å². The summed E-state index contributed by atoms with van der Waals surface area (Å²) in [6.07, 6.45) is -3.14. The third-order valence-corrected chi connectivity index (χ3v) is 4.45. The molecular weight excluding hydrogens is 392 g/mol. The molecule has 1 aliphatic heterocycles. The number of amidine groups is 1. The first-order valence-electron chi connectivity index (χ1n) is 7.14. The number of nitrogens with zero attached hydrogens (tertiary/aromatic N) is 1. The second kappa shape index (κ2) is 7.13. The lowest BCUT2D eigenvalue weighted by Gasteiger charge is -2.10. The first kappa shape index (κ1) is 18.5. The number of nitrogens with one attached hydrogen (secondary N) is 1. The maximum Gasteiger partial charge on any atom is 0.418 e. The van der Waals surface area contributed by atoms with Crippen LogP contribution in [-0.2, 0) is 11.0 Å². The average Bonchev–Trinajstić information content (AvgIpc) is 2.90. The number of rotatable bonds is 2. The molecule has 0 bridgehead atoms. The Bertz CT molecular complexity index is 923.